The van der Waals surface area contributed by atoms with Crippen molar-refractivity contribution in [3.05, 3.63) is 71.3 Å². The molecule has 0 saturated carbocycles. The van der Waals surface area contributed by atoms with E-state index in [4.69, 9.17) is 11.6 Å². The molecular weight excluding hydrogens is 462 g/mol. The van der Waals surface area contributed by atoms with Crippen LogP contribution in [0.3, 0.4) is 0 Å². The fraction of sp³-hybridized carbons (Fsp3) is 0.348. The molecule has 0 bridgehead atoms. The number of nitrogens with zero attached hydrogens (tertiary/aromatic N) is 5. The van der Waals surface area contributed by atoms with Crippen molar-refractivity contribution in [1.29, 1.82) is 0 Å². The van der Waals surface area contributed by atoms with Gasteiger partial charge in [-0.15, -0.1) is 0 Å². The summed E-state index contributed by atoms with van der Waals surface area (Å²) >= 11 is 6.26. The number of benzene rings is 2. The lowest BCUT2D eigenvalue weighted by Crippen LogP contribution is -2.36. The maximum absolute atomic E-state index is 13.2. The molecule has 1 atom stereocenters. The molecule has 2 aromatic carbocycles. The first-order valence-corrected chi connectivity index (χ1v) is 12.6. The zero-order valence-corrected chi connectivity index (χ0v) is 20.1. The quantitative estimate of drug-likeness (QED) is 0.525. The molecule has 4 rings (SSSR count). The van der Waals surface area contributed by atoms with Crippen LogP contribution in [0.2, 0.25) is 5.02 Å². The van der Waals surface area contributed by atoms with Crippen molar-refractivity contribution in [2.75, 3.05) is 20.1 Å². The van der Waals surface area contributed by atoms with Crippen LogP contribution >= 0.6 is 11.6 Å². The second kappa shape index (κ2) is 9.62. The number of hydrogen-bond donors (Lipinski definition) is 0. The maximum Gasteiger partial charge on any atom is 0.254 e. The third kappa shape index (κ3) is 4.80. The van der Waals surface area contributed by atoms with Gasteiger partial charge in [-0.25, -0.2) is 18.1 Å². The summed E-state index contributed by atoms with van der Waals surface area (Å²) in [7, 11) is -2.06. The maximum atomic E-state index is 13.2. The summed E-state index contributed by atoms with van der Waals surface area (Å²) < 4.78 is 29.4. The Morgan fingerprint density at radius 1 is 1.09 bits per heavy atom. The van der Waals surface area contributed by atoms with Gasteiger partial charge in [0.05, 0.1) is 16.8 Å². The van der Waals surface area contributed by atoms with Crippen LogP contribution in [0.4, 0.5) is 0 Å². The minimum absolute atomic E-state index is 0.0184. The fourth-order valence-electron chi connectivity index (χ4n) is 3.93. The van der Waals surface area contributed by atoms with Crippen LogP contribution in [0.5, 0.6) is 0 Å². The van der Waals surface area contributed by atoms with Gasteiger partial charge in [-0.1, -0.05) is 30.2 Å². The Labute approximate surface area is 198 Å². The third-order valence-electron chi connectivity index (χ3n) is 6.07. The largest absolute Gasteiger partial charge is 0.335 e. The van der Waals surface area contributed by atoms with Crippen LogP contribution in [-0.4, -0.2) is 58.4 Å². The molecule has 3 aromatic rings. The van der Waals surface area contributed by atoms with Crippen molar-refractivity contribution in [1.82, 2.24) is 24.0 Å². The lowest BCUT2D eigenvalue weighted by molar-refractivity contribution is 0.0742. The van der Waals surface area contributed by atoms with E-state index >= 15 is 0 Å². The smallest absolute Gasteiger partial charge is 0.254 e. The van der Waals surface area contributed by atoms with Crippen LogP contribution in [0.25, 0.3) is 5.69 Å². The standard InChI is InChI=1S/C23H26ClN5O3S/c1-17(18-6-9-20(10-7-18)29-16-25-15-26-29)27(2)23(30)19-8-11-21(24)22(14-19)33(31,32)28-12-4-3-5-13-28/h6-11,14-17H,3-5,12-13H2,1-2H3. The highest BCUT2D eigenvalue weighted by Gasteiger charge is 2.29. The second-order valence-electron chi connectivity index (χ2n) is 8.13. The lowest BCUT2D eigenvalue weighted by atomic mass is 10.1. The number of hydrogen-bond acceptors (Lipinski definition) is 5. The second-order valence-corrected chi connectivity index (χ2v) is 10.4. The molecule has 33 heavy (non-hydrogen) atoms. The van der Waals surface area contributed by atoms with Gasteiger partial charge in [-0.3, -0.25) is 4.79 Å². The van der Waals surface area contributed by atoms with E-state index < -0.39 is 10.0 Å². The SMILES string of the molecule is CC(c1ccc(-n2cncn2)cc1)N(C)C(=O)c1ccc(Cl)c(S(=O)(=O)N2CCCCC2)c1. The van der Waals surface area contributed by atoms with E-state index in [1.165, 1.54) is 22.8 Å². The zero-order valence-electron chi connectivity index (χ0n) is 18.6. The third-order valence-corrected chi connectivity index (χ3v) is 8.45. The first-order chi connectivity index (χ1) is 15.8. The number of aromatic nitrogens is 3. The van der Waals surface area contributed by atoms with Crippen LogP contribution in [0, 0.1) is 0 Å². The van der Waals surface area contributed by atoms with Crippen molar-refractivity contribution >= 4 is 27.5 Å². The van der Waals surface area contributed by atoms with Gasteiger partial charge in [0.15, 0.2) is 0 Å². The summed E-state index contributed by atoms with van der Waals surface area (Å²) in [5.41, 5.74) is 2.08. The van der Waals surface area contributed by atoms with Crippen LogP contribution in [-0.2, 0) is 10.0 Å². The molecule has 0 aliphatic carbocycles. The molecule has 1 unspecified atom stereocenters. The van der Waals surface area contributed by atoms with E-state index in [-0.39, 0.29) is 27.4 Å². The Balaban J connectivity index is 1.55. The Morgan fingerprint density at radius 3 is 2.42 bits per heavy atom. The molecular formula is C23H26ClN5O3S. The summed E-state index contributed by atoms with van der Waals surface area (Å²) in [6, 6.07) is 11.9. The zero-order chi connectivity index (χ0) is 23.6. The van der Waals surface area contributed by atoms with Gasteiger partial charge >= 0.3 is 0 Å². The Morgan fingerprint density at radius 2 is 1.79 bits per heavy atom. The number of amides is 1. The van der Waals surface area contributed by atoms with E-state index in [0.29, 0.717) is 13.1 Å². The van der Waals surface area contributed by atoms with E-state index in [2.05, 4.69) is 10.1 Å². The summed E-state index contributed by atoms with van der Waals surface area (Å²) in [5, 5.41) is 4.23. The normalized spacial score (nSPS) is 15.8. The van der Waals surface area contributed by atoms with Gasteiger partial charge in [0.1, 0.15) is 17.6 Å². The van der Waals surface area contributed by atoms with Gasteiger partial charge in [0.25, 0.3) is 5.91 Å². The topological polar surface area (TPSA) is 88.4 Å². The molecule has 1 aromatic heterocycles. The molecule has 0 N–H and O–H groups in total. The number of halogens is 1. The number of carbonyl (C=O) groups excluding carboxylic acids is 1. The summed E-state index contributed by atoms with van der Waals surface area (Å²) in [6.45, 7) is 2.86. The lowest BCUT2D eigenvalue weighted by Gasteiger charge is -2.27. The highest BCUT2D eigenvalue weighted by Crippen LogP contribution is 2.29. The first kappa shape index (κ1) is 23.4. The van der Waals surface area contributed by atoms with Crippen molar-refractivity contribution in [2.45, 2.75) is 37.1 Å². The van der Waals surface area contributed by atoms with Gasteiger partial charge in [0, 0.05) is 25.7 Å². The predicted octanol–water partition coefficient (Wildman–Crippen LogP) is 3.93. The van der Waals surface area contributed by atoms with Gasteiger partial charge < -0.3 is 4.90 Å². The molecule has 8 nitrogen and oxygen atoms in total. The molecule has 1 aliphatic heterocycles. The fourth-order valence-corrected chi connectivity index (χ4v) is 5.95. The molecule has 10 heteroatoms. The van der Waals surface area contributed by atoms with Crippen LogP contribution < -0.4 is 0 Å². The first-order valence-electron chi connectivity index (χ1n) is 10.8. The highest BCUT2D eigenvalue weighted by atomic mass is 35.5. The minimum Gasteiger partial charge on any atom is -0.335 e. The molecule has 1 fully saturated rings. The molecule has 1 aliphatic rings. The molecule has 1 amide bonds. The van der Waals surface area contributed by atoms with Crippen molar-refractivity contribution in [3.63, 3.8) is 0 Å². The highest BCUT2D eigenvalue weighted by molar-refractivity contribution is 7.89. The van der Waals surface area contributed by atoms with Crippen molar-refractivity contribution in [3.8, 4) is 5.69 Å². The number of rotatable bonds is 6. The molecule has 0 spiro atoms. The van der Waals surface area contributed by atoms with Gasteiger partial charge in [-0.05, 0) is 55.7 Å². The summed E-state index contributed by atoms with van der Waals surface area (Å²) in [4.78, 5) is 18.7. The summed E-state index contributed by atoms with van der Waals surface area (Å²) in [6.07, 6.45) is 5.75. The monoisotopic (exact) mass is 487 g/mol. The molecule has 2 heterocycles. The van der Waals surface area contributed by atoms with Gasteiger partial charge in [0.2, 0.25) is 10.0 Å². The van der Waals surface area contributed by atoms with Gasteiger partial charge in [-0.2, -0.15) is 9.40 Å². The molecule has 174 valence electrons. The average molecular weight is 488 g/mol. The van der Waals surface area contributed by atoms with E-state index in [9.17, 15) is 13.2 Å². The Bertz CT molecular complexity index is 1220. The average Bonchev–Trinajstić information content (AvgIpc) is 3.38. The Kier molecular flexibility index (Phi) is 6.83. The van der Waals surface area contributed by atoms with E-state index in [0.717, 1.165) is 30.5 Å². The van der Waals surface area contributed by atoms with E-state index in [1.807, 2.05) is 31.2 Å². The Hall–Kier alpha value is -2.75. The molecule has 1 saturated heterocycles. The van der Waals surface area contributed by atoms with Crippen LogP contribution in [0.15, 0.2) is 60.0 Å². The van der Waals surface area contributed by atoms with E-state index in [1.54, 1.807) is 29.0 Å². The van der Waals surface area contributed by atoms with Crippen molar-refractivity contribution < 1.29 is 13.2 Å². The minimum atomic E-state index is -3.76. The van der Waals surface area contributed by atoms with Crippen molar-refractivity contribution in [2.24, 2.45) is 0 Å². The molecule has 0 radical (unpaired) electrons. The number of piperidine rings is 1. The predicted molar refractivity (Wildman–Crippen MR) is 126 cm³/mol. The summed E-state index contributed by atoms with van der Waals surface area (Å²) in [5.74, 6) is -0.283. The van der Waals surface area contributed by atoms with Crippen LogP contribution in [0.1, 0.15) is 48.1 Å². The number of carbonyl (C=O) groups is 1. The number of sulfonamides is 1.